The van der Waals surface area contributed by atoms with Crippen molar-refractivity contribution in [3.63, 3.8) is 0 Å². The standard InChI is InChI=1S/C25H41ClN2O4Si/c1-18(2)21(16-27-23(30)32-14-15-33(5,6)7)22(29)28-13-12-25(31,24(3,4)17-28)19-8-10-20(26)11-9-19/h8-11,18,21,31H,12-17H2,1-7H3,(H,27,30)/t21-,25+/m1/s1. The topological polar surface area (TPSA) is 78.9 Å². The van der Waals surface area contributed by atoms with Crippen LogP contribution in [-0.2, 0) is 15.1 Å². The van der Waals surface area contributed by atoms with E-state index in [2.05, 4.69) is 25.0 Å². The van der Waals surface area contributed by atoms with E-state index < -0.39 is 25.2 Å². The number of ether oxygens (including phenoxy) is 1. The molecule has 2 atom stereocenters. The number of nitrogens with one attached hydrogen (secondary N) is 1. The van der Waals surface area contributed by atoms with Crippen LogP contribution < -0.4 is 5.32 Å². The van der Waals surface area contributed by atoms with Gasteiger partial charge in [0.2, 0.25) is 5.91 Å². The lowest BCUT2D eigenvalue weighted by atomic mass is 9.66. The van der Waals surface area contributed by atoms with Crippen LogP contribution in [0, 0.1) is 17.3 Å². The fraction of sp³-hybridized carbons (Fsp3) is 0.680. The van der Waals surface area contributed by atoms with Gasteiger partial charge in [-0.25, -0.2) is 4.79 Å². The largest absolute Gasteiger partial charge is 0.450 e. The maximum atomic E-state index is 13.4. The molecule has 0 spiro atoms. The van der Waals surface area contributed by atoms with Crippen LogP contribution in [0.3, 0.4) is 0 Å². The molecule has 1 heterocycles. The predicted octanol–water partition coefficient (Wildman–Crippen LogP) is 5.12. The van der Waals surface area contributed by atoms with Gasteiger partial charge in [-0.1, -0.05) is 71.1 Å². The molecule has 2 N–H and O–H groups in total. The number of likely N-dealkylation sites (tertiary alicyclic amines) is 1. The molecule has 1 fully saturated rings. The quantitative estimate of drug-likeness (QED) is 0.489. The van der Waals surface area contributed by atoms with Crippen molar-refractivity contribution in [2.24, 2.45) is 17.3 Å². The van der Waals surface area contributed by atoms with Gasteiger partial charge in [0.05, 0.1) is 18.1 Å². The first-order chi connectivity index (χ1) is 15.2. The van der Waals surface area contributed by atoms with Gasteiger partial charge in [0.25, 0.3) is 0 Å². The van der Waals surface area contributed by atoms with E-state index in [1.807, 2.05) is 44.7 Å². The molecule has 1 aromatic carbocycles. The summed E-state index contributed by atoms with van der Waals surface area (Å²) in [5.41, 5.74) is -0.799. The second-order valence-corrected chi connectivity index (χ2v) is 17.5. The van der Waals surface area contributed by atoms with E-state index in [-0.39, 0.29) is 24.3 Å². The first-order valence-corrected chi connectivity index (χ1v) is 15.9. The summed E-state index contributed by atoms with van der Waals surface area (Å²) in [5.74, 6) is -0.300. The molecular weight excluding hydrogens is 456 g/mol. The number of rotatable bonds is 8. The van der Waals surface area contributed by atoms with E-state index in [9.17, 15) is 14.7 Å². The zero-order chi connectivity index (χ0) is 25.0. The van der Waals surface area contributed by atoms with Gasteiger partial charge in [-0.3, -0.25) is 4.79 Å². The lowest BCUT2D eigenvalue weighted by Gasteiger charge is -2.51. The molecule has 0 radical (unpaired) electrons. The number of nitrogens with zero attached hydrogens (tertiary/aromatic N) is 1. The van der Waals surface area contributed by atoms with Crippen LogP contribution in [0.2, 0.25) is 30.7 Å². The molecule has 2 rings (SSSR count). The summed E-state index contributed by atoms with van der Waals surface area (Å²) < 4.78 is 5.31. The third-order valence-electron chi connectivity index (χ3n) is 6.76. The number of carbonyl (C=O) groups is 2. The molecule has 1 aromatic rings. The number of alkyl carbamates (subject to hydrolysis) is 1. The molecule has 0 aliphatic carbocycles. The van der Waals surface area contributed by atoms with Crippen molar-refractivity contribution in [2.45, 2.75) is 65.4 Å². The first kappa shape index (κ1) is 27.7. The molecule has 0 saturated carbocycles. The van der Waals surface area contributed by atoms with Crippen LogP contribution in [0.1, 0.15) is 39.7 Å². The highest BCUT2D eigenvalue weighted by molar-refractivity contribution is 6.76. The highest BCUT2D eigenvalue weighted by Crippen LogP contribution is 2.46. The Hall–Kier alpha value is -1.57. The third-order valence-corrected chi connectivity index (χ3v) is 8.71. The van der Waals surface area contributed by atoms with Crippen molar-refractivity contribution >= 4 is 31.7 Å². The Labute approximate surface area is 205 Å². The fourth-order valence-corrected chi connectivity index (χ4v) is 5.15. The molecule has 6 nitrogen and oxygen atoms in total. The molecule has 0 unspecified atom stereocenters. The number of aliphatic hydroxyl groups is 1. The number of carbonyl (C=O) groups excluding carboxylic acids is 2. The van der Waals surface area contributed by atoms with Crippen LogP contribution in [0.15, 0.2) is 24.3 Å². The van der Waals surface area contributed by atoms with Crippen LogP contribution in [0.25, 0.3) is 0 Å². The molecular formula is C25H41ClN2O4Si. The number of hydrogen-bond acceptors (Lipinski definition) is 4. The smallest absolute Gasteiger partial charge is 0.407 e. The predicted molar refractivity (Wildman–Crippen MR) is 136 cm³/mol. The average Bonchev–Trinajstić information content (AvgIpc) is 2.69. The molecule has 1 saturated heterocycles. The van der Waals surface area contributed by atoms with Crippen LogP contribution in [0.5, 0.6) is 0 Å². The Morgan fingerprint density at radius 2 is 1.82 bits per heavy atom. The van der Waals surface area contributed by atoms with E-state index >= 15 is 0 Å². The first-order valence-electron chi connectivity index (χ1n) is 11.8. The van der Waals surface area contributed by atoms with E-state index in [1.54, 1.807) is 12.1 Å². The van der Waals surface area contributed by atoms with Gasteiger partial charge in [-0.05, 0) is 36.1 Å². The van der Waals surface area contributed by atoms with Gasteiger partial charge < -0.3 is 20.1 Å². The Kier molecular flexibility index (Phi) is 9.04. The highest BCUT2D eigenvalue weighted by Gasteiger charge is 2.50. The van der Waals surface area contributed by atoms with E-state index in [0.717, 1.165) is 11.6 Å². The fourth-order valence-electron chi connectivity index (χ4n) is 4.31. The molecule has 33 heavy (non-hydrogen) atoms. The molecule has 0 aromatic heterocycles. The van der Waals surface area contributed by atoms with Gasteiger partial charge in [-0.2, -0.15) is 0 Å². The van der Waals surface area contributed by atoms with Crippen LogP contribution in [0.4, 0.5) is 4.79 Å². The van der Waals surface area contributed by atoms with Crippen molar-refractivity contribution in [1.82, 2.24) is 10.2 Å². The van der Waals surface area contributed by atoms with Crippen molar-refractivity contribution < 1.29 is 19.4 Å². The maximum absolute atomic E-state index is 13.4. The summed E-state index contributed by atoms with van der Waals surface area (Å²) in [6.07, 6.45) is -0.0348. The van der Waals surface area contributed by atoms with E-state index in [0.29, 0.717) is 31.1 Å². The minimum atomic E-state index is -1.27. The summed E-state index contributed by atoms with van der Waals surface area (Å²) in [5, 5.41) is 15.0. The van der Waals surface area contributed by atoms with Crippen LogP contribution in [-0.4, -0.2) is 56.3 Å². The summed E-state index contributed by atoms with van der Waals surface area (Å²) in [6.45, 7) is 16.2. The molecule has 1 aliphatic heterocycles. The number of piperidine rings is 1. The molecule has 1 aliphatic rings. The second-order valence-electron chi connectivity index (χ2n) is 11.4. The molecule has 2 amide bonds. The van der Waals surface area contributed by atoms with Gasteiger partial charge >= 0.3 is 6.09 Å². The summed E-state index contributed by atoms with van der Waals surface area (Å²) in [7, 11) is -1.27. The SMILES string of the molecule is CC(C)[C@@H](CNC(=O)OCC[Si](C)(C)C)C(=O)N1CC[C@](O)(c2ccc(Cl)cc2)C(C)(C)C1. The number of halogens is 1. The summed E-state index contributed by atoms with van der Waals surface area (Å²) >= 11 is 6.02. The van der Waals surface area contributed by atoms with Crippen molar-refractivity contribution in [1.29, 1.82) is 0 Å². The average molecular weight is 497 g/mol. The maximum Gasteiger partial charge on any atom is 0.407 e. The van der Waals surface area contributed by atoms with E-state index in [1.165, 1.54) is 0 Å². The molecule has 8 heteroatoms. The van der Waals surface area contributed by atoms with Gasteiger partial charge in [0.1, 0.15) is 0 Å². The van der Waals surface area contributed by atoms with Gasteiger partial charge in [0, 0.05) is 38.1 Å². The van der Waals surface area contributed by atoms with Crippen LogP contribution >= 0.6 is 11.6 Å². The third kappa shape index (κ3) is 7.20. The minimum Gasteiger partial charge on any atom is -0.450 e. The summed E-state index contributed by atoms with van der Waals surface area (Å²) in [6, 6.07) is 8.19. The number of amides is 2. The molecule has 186 valence electrons. The Balaban J connectivity index is 2.01. The Morgan fingerprint density at radius 3 is 2.33 bits per heavy atom. The molecule has 0 bridgehead atoms. The number of benzene rings is 1. The number of hydrogen-bond donors (Lipinski definition) is 2. The Bertz CT molecular complexity index is 823. The normalized spacial score (nSPS) is 21.6. The monoisotopic (exact) mass is 496 g/mol. The highest BCUT2D eigenvalue weighted by atomic mass is 35.5. The Morgan fingerprint density at radius 1 is 1.21 bits per heavy atom. The lowest BCUT2D eigenvalue weighted by molar-refractivity contribution is -0.157. The van der Waals surface area contributed by atoms with E-state index in [4.69, 9.17) is 16.3 Å². The zero-order valence-corrected chi connectivity index (χ0v) is 23.0. The van der Waals surface area contributed by atoms with Crippen molar-refractivity contribution in [2.75, 3.05) is 26.2 Å². The van der Waals surface area contributed by atoms with Crippen molar-refractivity contribution in [3.05, 3.63) is 34.9 Å². The van der Waals surface area contributed by atoms with Gasteiger partial charge in [-0.15, -0.1) is 0 Å². The van der Waals surface area contributed by atoms with Gasteiger partial charge in [0.15, 0.2) is 0 Å². The minimum absolute atomic E-state index is 0.00127. The second kappa shape index (κ2) is 10.8. The lowest BCUT2D eigenvalue weighted by Crippen LogP contribution is -2.58. The zero-order valence-electron chi connectivity index (χ0n) is 21.2. The van der Waals surface area contributed by atoms with Crippen molar-refractivity contribution in [3.8, 4) is 0 Å². The summed E-state index contributed by atoms with van der Waals surface area (Å²) in [4.78, 5) is 27.4.